The maximum atomic E-state index is 14.1. The summed E-state index contributed by atoms with van der Waals surface area (Å²) in [6.07, 6.45) is -5.24. The van der Waals surface area contributed by atoms with Gasteiger partial charge in [-0.05, 0) is 43.9 Å². The summed E-state index contributed by atoms with van der Waals surface area (Å²) in [5.74, 6) is 0.326. The second-order valence-electron chi connectivity index (χ2n) is 9.24. The molecule has 3 aromatic rings. The lowest BCUT2D eigenvalue weighted by atomic mass is 9.89. The topological polar surface area (TPSA) is 95.9 Å². The molecule has 12 heteroatoms. The predicted octanol–water partition coefficient (Wildman–Crippen LogP) is 5.82. The van der Waals surface area contributed by atoms with Crippen LogP contribution >= 0.6 is 0 Å². The molecule has 1 unspecified atom stereocenters. The van der Waals surface area contributed by atoms with Crippen molar-refractivity contribution in [3.05, 3.63) is 64.4 Å². The van der Waals surface area contributed by atoms with Gasteiger partial charge in [0.1, 0.15) is 11.8 Å². The lowest BCUT2D eigenvalue weighted by Crippen LogP contribution is -2.46. The lowest BCUT2D eigenvalue weighted by molar-refractivity contribution is -0.137. The molecule has 0 aliphatic carbocycles. The fraction of sp³-hybridized carbons (Fsp3) is 0.400. The highest BCUT2D eigenvalue weighted by molar-refractivity contribution is 5.97. The van der Waals surface area contributed by atoms with Gasteiger partial charge in [0.05, 0.1) is 22.4 Å². The molecule has 1 aromatic carbocycles. The molecule has 4 heterocycles. The first-order valence-electron chi connectivity index (χ1n) is 11.6. The number of fused-ring (bicyclic) bond motifs is 2. The van der Waals surface area contributed by atoms with E-state index in [2.05, 4.69) is 15.1 Å². The maximum absolute atomic E-state index is 14.1. The Hall–Kier alpha value is -3.88. The van der Waals surface area contributed by atoms with Crippen LogP contribution < -0.4 is 0 Å². The van der Waals surface area contributed by atoms with Gasteiger partial charge in [0, 0.05) is 30.5 Å². The molecule has 3 atom stereocenters. The number of halogens is 5. The number of carbonyl (C=O) groups excluding carboxylic acids is 1. The van der Waals surface area contributed by atoms with Crippen LogP contribution in [0.1, 0.15) is 76.9 Å². The standard InChI is InChI=1S/C25H20F5N5O2/c1-12-32-23(34-37-12)14-8-17-6-7-18(9-14)35(17)24(36)19-10-15(11-31)20(33-21(19)22(26)27)13-2-4-16(5-3-13)25(28,29)30/h2-5,10,14,17-18,22H,6-9H2,1H3/t14?,17-,18+. The summed E-state index contributed by atoms with van der Waals surface area (Å²) in [5.41, 5.74) is -2.45. The van der Waals surface area contributed by atoms with Crippen LogP contribution in [-0.4, -0.2) is 38.0 Å². The minimum atomic E-state index is -4.58. The molecule has 2 saturated heterocycles. The Balaban J connectivity index is 1.48. The third kappa shape index (κ3) is 4.54. The largest absolute Gasteiger partial charge is 0.416 e. The van der Waals surface area contributed by atoms with Crippen molar-refractivity contribution in [3.63, 3.8) is 0 Å². The number of aromatic nitrogens is 3. The average molecular weight is 517 g/mol. The van der Waals surface area contributed by atoms with Gasteiger partial charge in [-0.25, -0.2) is 13.8 Å². The van der Waals surface area contributed by atoms with Crippen molar-refractivity contribution in [2.24, 2.45) is 0 Å². The quantitative estimate of drug-likeness (QED) is 0.405. The summed E-state index contributed by atoms with van der Waals surface area (Å²) in [7, 11) is 0. The van der Waals surface area contributed by atoms with E-state index in [1.54, 1.807) is 11.8 Å². The minimum Gasteiger partial charge on any atom is -0.340 e. The highest BCUT2D eigenvalue weighted by Crippen LogP contribution is 2.44. The summed E-state index contributed by atoms with van der Waals surface area (Å²) >= 11 is 0. The average Bonchev–Trinajstić information content (AvgIpc) is 3.42. The molecule has 37 heavy (non-hydrogen) atoms. The smallest absolute Gasteiger partial charge is 0.340 e. The Morgan fingerprint density at radius 1 is 1.14 bits per heavy atom. The number of rotatable bonds is 4. The van der Waals surface area contributed by atoms with Gasteiger partial charge in [0.25, 0.3) is 12.3 Å². The fourth-order valence-corrected chi connectivity index (χ4v) is 5.33. The minimum absolute atomic E-state index is 0.0246. The van der Waals surface area contributed by atoms with Crippen molar-refractivity contribution in [1.29, 1.82) is 5.26 Å². The van der Waals surface area contributed by atoms with E-state index in [4.69, 9.17) is 4.52 Å². The first kappa shape index (κ1) is 24.8. The molecular weight excluding hydrogens is 497 g/mol. The third-order valence-electron chi connectivity index (χ3n) is 6.97. The van der Waals surface area contributed by atoms with E-state index in [1.165, 1.54) is 0 Å². The number of pyridine rings is 1. The van der Waals surface area contributed by atoms with Crippen LogP contribution in [0.3, 0.4) is 0 Å². The summed E-state index contributed by atoms with van der Waals surface area (Å²) in [6.45, 7) is 1.68. The highest BCUT2D eigenvalue weighted by atomic mass is 19.4. The van der Waals surface area contributed by atoms with E-state index < -0.39 is 29.8 Å². The number of piperidine rings is 1. The zero-order chi connectivity index (χ0) is 26.5. The maximum Gasteiger partial charge on any atom is 0.416 e. The first-order valence-corrected chi connectivity index (χ1v) is 11.6. The highest BCUT2D eigenvalue weighted by Gasteiger charge is 2.46. The molecule has 2 aliphatic heterocycles. The van der Waals surface area contributed by atoms with E-state index in [9.17, 15) is 32.0 Å². The van der Waals surface area contributed by atoms with Crippen LogP contribution in [-0.2, 0) is 6.18 Å². The Bertz CT molecular complexity index is 1370. The van der Waals surface area contributed by atoms with Gasteiger partial charge >= 0.3 is 6.18 Å². The van der Waals surface area contributed by atoms with Crippen LogP contribution in [0.2, 0.25) is 0 Å². The zero-order valence-electron chi connectivity index (χ0n) is 19.5. The number of benzene rings is 1. The third-order valence-corrected chi connectivity index (χ3v) is 6.97. The number of hydrogen-bond donors (Lipinski definition) is 0. The SMILES string of the molecule is Cc1nc(C2C[C@H]3CC[C@@H](C2)N3C(=O)c2cc(C#N)c(-c3ccc(C(F)(F)F)cc3)nc2C(F)F)no1. The van der Waals surface area contributed by atoms with Gasteiger partial charge in [-0.1, -0.05) is 17.3 Å². The molecule has 2 aliphatic rings. The molecule has 5 rings (SSSR count). The van der Waals surface area contributed by atoms with Crippen molar-refractivity contribution >= 4 is 5.91 Å². The van der Waals surface area contributed by atoms with Crippen LogP contribution in [0, 0.1) is 18.3 Å². The molecule has 2 fully saturated rings. The van der Waals surface area contributed by atoms with Gasteiger partial charge in [-0.3, -0.25) is 4.79 Å². The normalized spacial score (nSPS) is 21.4. The molecule has 192 valence electrons. The second-order valence-corrected chi connectivity index (χ2v) is 9.24. The number of alkyl halides is 5. The van der Waals surface area contributed by atoms with Gasteiger partial charge in [-0.15, -0.1) is 0 Å². The van der Waals surface area contributed by atoms with Crippen LogP contribution in [0.4, 0.5) is 22.0 Å². The van der Waals surface area contributed by atoms with Crippen LogP contribution in [0.15, 0.2) is 34.9 Å². The van der Waals surface area contributed by atoms with Crippen molar-refractivity contribution in [1.82, 2.24) is 20.0 Å². The van der Waals surface area contributed by atoms with Crippen molar-refractivity contribution < 1.29 is 31.3 Å². The Labute approximate surface area is 207 Å². The monoisotopic (exact) mass is 517 g/mol. The van der Waals surface area contributed by atoms with E-state index in [0.717, 1.165) is 30.3 Å². The summed E-state index contributed by atoms with van der Waals surface area (Å²) in [5, 5.41) is 13.7. The van der Waals surface area contributed by atoms with Crippen molar-refractivity contribution in [2.45, 2.75) is 63.2 Å². The molecule has 2 aromatic heterocycles. The van der Waals surface area contributed by atoms with E-state index >= 15 is 0 Å². The molecule has 0 spiro atoms. The Kier molecular flexibility index (Phi) is 6.17. The number of carbonyl (C=O) groups is 1. The zero-order valence-corrected chi connectivity index (χ0v) is 19.5. The summed E-state index contributed by atoms with van der Waals surface area (Å²) in [4.78, 5) is 23.4. The van der Waals surface area contributed by atoms with E-state index in [0.29, 0.717) is 37.4 Å². The van der Waals surface area contributed by atoms with Gasteiger partial charge in [-0.2, -0.15) is 23.4 Å². The fourth-order valence-electron chi connectivity index (χ4n) is 5.33. The Morgan fingerprint density at radius 3 is 2.30 bits per heavy atom. The van der Waals surface area contributed by atoms with Crippen LogP contribution in [0.25, 0.3) is 11.3 Å². The van der Waals surface area contributed by atoms with E-state index in [-0.39, 0.29) is 40.4 Å². The molecule has 7 nitrogen and oxygen atoms in total. The first-order chi connectivity index (χ1) is 17.6. The van der Waals surface area contributed by atoms with Crippen molar-refractivity contribution in [2.75, 3.05) is 0 Å². The molecule has 0 saturated carbocycles. The molecule has 2 bridgehead atoms. The number of aryl methyl sites for hydroxylation is 1. The van der Waals surface area contributed by atoms with Crippen LogP contribution in [0.5, 0.6) is 0 Å². The number of amides is 1. The molecule has 0 N–H and O–H groups in total. The molecular formula is C25H20F5N5O2. The summed E-state index contributed by atoms with van der Waals surface area (Å²) < 4.78 is 72.1. The van der Waals surface area contributed by atoms with Gasteiger partial charge in [0.15, 0.2) is 5.82 Å². The summed E-state index contributed by atoms with van der Waals surface area (Å²) in [6, 6.07) is 6.16. The van der Waals surface area contributed by atoms with E-state index in [1.807, 2.05) is 6.07 Å². The second kappa shape index (κ2) is 9.21. The van der Waals surface area contributed by atoms with Crippen molar-refractivity contribution in [3.8, 4) is 17.3 Å². The number of hydrogen-bond acceptors (Lipinski definition) is 6. The molecule has 0 radical (unpaired) electrons. The van der Waals surface area contributed by atoms with Gasteiger partial charge < -0.3 is 9.42 Å². The lowest BCUT2D eigenvalue weighted by Gasteiger charge is -2.38. The predicted molar refractivity (Wildman–Crippen MR) is 118 cm³/mol. The number of nitrogens with zero attached hydrogens (tertiary/aromatic N) is 5. The number of nitriles is 1. The molecule has 1 amide bonds. The van der Waals surface area contributed by atoms with Gasteiger partial charge in [0.2, 0.25) is 5.89 Å². The Morgan fingerprint density at radius 2 is 1.78 bits per heavy atom.